The Morgan fingerprint density at radius 1 is 1.21 bits per heavy atom. The summed E-state index contributed by atoms with van der Waals surface area (Å²) in [5, 5.41) is 7.64. The van der Waals surface area contributed by atoms with Gasteiger partial charge >= 0.3 is 0 Å². The van der Waals surface area contributed by atoms with E-state index in [1.54, 1.807) is 11.3 Å². The second kappa shape index (κ2) is 5.74. The van der Waals surface area contributed by atoms with Crippen LogP contribution in [-0.4, -0.2) is 4.98 Å². The molecule has 0 aliphatic rings. The van der Waals surface area contributed by atoms with Gasteiger partial charge in [-0.05, 0) is 40.1 Å². The SMILES string of the molecule is Clc1ncc(CNc2cccc(-c3ccsc3)c2)s1. The zero-order valence-corrected chi connectivity index (χ0v) is 12.4. The summed E-state index contributed by atoms with van der Waals surface area (Å²) >= 11 is 9.03. The van der Waals surface area contributed by atoms with Crippen LogP contribution in [0.4, 0.5) is 5.69 Å². The molecular formula is C14H11ClN2S2. The largest absolute Gasteiger partial charge is 0.380 e. The molecule has 0 atom stereocenters. The fourth-order valence-corrected chi connectivity index (χ4v) is 3.37. The molecule has 19 heavy (non-hydrogen) atoms. The van der Waals surface area contributed by atoms with Crippen LogP contribution in [0.2, 0.25) is 4.47 Å². The number of aromatic nitrogens is 1. The van der Waals surface area contributed by atoms with Crippen LogP contribution in [0, 0.1) is 0 Å². The number of halogens is 1. The maximum atomic E-state index is 5.82. The minimum atomic E-state index is 0.587. The molecule has 0 spiro atoms. The van der Waals surface area contributed by atoms with E-state index in [9.17, 15) is 0 Å². The fourth-order valence-electron chi connectivity index (χ4n) is 1.79. The molecule has 0 aliphatic carbocycles. The first-order chi connectivity index (χ1) is 9.31. The van der Waals surface area contributed by atoms with Crippen molar-refractivity contribution >= 4 is 40.0 Å². The molecule has 0 aliphatic heterocycles. The number of nitrogens with zero attached hydrogens (tertiary/aromatic N) is 1. The van der Waals surface area contributed by atoms with Crippen LogP contribution in [0.25, 0.3) is 11.1 Å². The highest BCUT2D eigenvalue weighted by molar-refractivity contribution is 7.15. The average Bonchev–Trinajstić information content (AvgIpc) is 3.08. The molecule has 2 aromatic heterocycles. The summed E-state index contributed by atoms with van der Waals surface area (Å²) in [5.41, 5.74) is 3.59. The molecule has 0 unspecified atom stereocenters. The number of hydrogen-bond donors (Lipinski definition) is 1. The summed E-state index contributed by atoms with van der Waals surface area (Å²) in [4.78, 5) is 5.16. The first-order valence-corrected chi connectivity index (χ1v) is 7.92. The van der Waals surface area contributed by atoms with Gasteiger partial charge < -0.3 is 5.32 Å². The predicted octanol–water partition coefficient (Wildman–Crippen LogP) is 5.14. The number of thiophene rings is 1. The van der Waals surface area contributed by atoms with Crippen molar-refractivity contribution < 1.29 is 0 Å². The monoisotopic (exact) mass is 306 g/mol. The Morgan fingerprint density at radius 3 is 2.89 bits per heavy atom. The zero-order chi connectivity index (χ0) is 13.1. The van der Waals surface area contributed by atoms with Gasteiger partial charge in [-0.2, -0.15) is 11.3 Å². The van der Waals surface area contributed by atoms with Crippen molar-refractivity contribution in [3.05, 3.63) is 56.6 Å². The van der Waals surface area contributed by atoms with Crippen molar-refractivity contribution in [3.63, 3.8) is 0 Å². The molecule has 96 valence electrons. The number of hydrogen-bond acceptors (Lipinski definition) is 4. The van der Waals surface area contributed by atoms with E-state index in [0.29, 0.717) is 4.47 Å². The molecule has 5 heteroatoms. The number of benzene rings is 1. The smallest absolute Gasteiger partial charge is 0.183 e. The van der Waals surface area contributed by atoms with E-state index in [0.717, 1.165) is 17.1 Å². The van der Waals surface area contributed by atoms with Crippen LogP contribution in [0.15, 0.2) is 47.3 Å². The maximum absolute atomic E-state index is 5.82. The minimum absolute atomic E-state index is 0.587. The molecular weight excluding hydrogens is 296 g/mol. The third-order valence-electron chi connectivity index (χ3n) is 2.71. The highest BCUT2D eigenvalue weighted by atomic mass is 35.5. The summed E-state index contributed by atoms with van der Waals surface area (Å²) in [5.74, 6) is 0. The van der Waals surface area contributed by atoms with Gasteiger partial charge in [-0.15, -0.1) is 11.3 Å². The summed E-state index contributed by atoms with van der Waals surface area (Å²) < 4.78 is 0.587. The molecule has 0 radical (unpaired) electrons. The van der Waals surface area contributed by atoms with Crippen molar-refractivity contribution in [2.24, 2.45) is 0 Å². The molecule has 3 aromatic rings. The van der Waals surface area contributed by atoms with Crippen molar-refractivity contribution in [1.82, 2.24) is 4.98 Å². The van der Waals surface area contributed by atoms with E-state index in [2.05, 4.69) is 51.4 Å². The van der Waals surface area contributed by atoms with E-state index >= 15 is 0 Å². The van der Waals surface area contributed by atoms with Gasteiger partial charge in [-0.1, -0.05) is 23.7 Å². The second-order valence-corrected chi connectivity index (χ2v) is 6.50. The number of thiazole rings is 1. The van der Waals surface area contributed by atoms with E-state index in [-0.39, 0.29) is 0 Å². The summed E-state index contributed by atoms with van der Waals surface area (Å²) in [7, 11) is 0. The highest BCUT2D eigenvalue weighted by Gasteiger charge is 2.01. The zero-order valence-electron chi connectivity index (χ0n) is 9.97. The lowest BCUT2D eigenvalue weighted by Crippen LogP contribution is -1.97. The van der Waals surface area contributed by atoms with Gasteiger partial charge in [0.2, 0.25) is 0 Å². The van der Waals surface area contributed by atoms with Gasteiger partial charge in [0.1, 0.15) is 0 Å². The quantitative estimate of drug-likeness (QED) is 0.722. The topological polar surface area (TPSA) is 24.9 Å². The van der Waals surface area contributed by atoms with Crippen molar-refractivity contribution in [2.75, 3.05) is 5.32 Å². The predicted molar refractivity (Wildman–Crippen MR) is 84.2 cm³/mol. The van der Waals surface area contributed by atoms with Gasteiger partial charge in [0, 0.05) is 16.8 Å². The molecule has 0 bridgehead atoms. The lowest BCUT2D eigenvalue weighted by atomic mass is 10.1. The third-order valence-corrected chi connectivity index (χ3v) is 4.51. The average molecular weight is 307 g/mol. The van der Waals surface area contributed by atoms with Crippen molar-refractivity contribution in [2.45, 2.75) is 6.54 Å². The van der Waals surface area contributed by atoms with Crippen LogP contribution in [0.3, 0.4) is 0 Å². The Kier molecular flexibility index (Phi) is 3.82. The fraction of sp³-hybridized carbons (Fsp3) is 0.0714. The maximum Gasteiger partial charge on any atom is 0.183 e. The molecule has 0 saturated carbocycles. The first-order valence-electron chi connectivity index (χ1n) is 5.78. The number of rotatable bonds is 4. The normalized spacial score (nSPS) is 10.6. The third kappa shape index (κ3) is 3.15. The molecule has 3 rings (SSSR count). The van der Waals surface area contributed by atoms with Crippen molar-refractivity contribution in [3.8, 4) is 11.1 Å². The number of nitrogens with one attached hydrogen (secondary N) is 1. The van der Waals surface area contributed by atoms with Crippen LogP contribution in [0.5, 0.6) is 0 Å². The Balaban J connectivity index is 1.73. The lowest BCUT2D eigenvalue weighted by Gasteiger charge is -2.06. The van der Waals surface area contributed by atoms with Gasteiger partial charge in [-0.25, -0.2) is 4.98 Å². The molecule has 2 heterocycles. The van der Waals surface area contributed by atoms with E-state index in [1.807, 2.05) is 6.20 Å². The van der Waals surface area contributed by atoms with Crippen LogP contribution < -0.4 is 5.32 Å². The Bertz CT molecular complexity index is 662. The van der Waals surface area contributed by atoms with Gasteiger partial charge in [0.05, 0.1) is 6.54 Å². The Hall–Kier alpha value is -1.36. The van der Waals surface area contributed by atoms with E-state index < -0.39 is 0 Å². The molecule has 1 N–H and O–H groups in total. The van der Waals surface area contributed by atoms with Gasteiger partial charge in [-0.3, -0.25) is 0 Å². The molecule has 0 saturated heterocycles. The van der Waals surface area contributed by atoms with Crippen molar-refractivity contribution in [1.29, 1.82) is 0 Å². The van der Waals surface area contributed by atoms with Gasteiger partial charge in [0.15, 0.2) is 4.47 Å². The van der Waals surface area contributed by atoms with Crippen LogP contribution in [0.1, 0.15) is 4.88 Å². The van der Waals surface area contributed by atoms with Crippen LogP contribution >= 0.6 is 34.3 Å². The van der Waals surface area contributed by atoms with Gasteiger partial charge in [0.25, 0.3) is 0 Å². The molecule has 1 aromatic carbocycles. The summed E-state index contributed by atoms with van der Waals surface area (Å²) in [6, 6.07) is 10.5. The Morgan fingerprint density at radius 2 is 2.16 bits per heavy atom. The standard InChI is InChI=1S/C14H11ClN2S2/c15-14-17-8-13(19-14)7-16-12-3-1-2-10(6-12)11-4-5-18-9-11/h1-6,8-9,16H,7H2. The minimum Gasteiger partial charge on any atom is -0.380 e. The highest BCUT2D eigenvalue weighted by Crippen LogP contribution is 2.25. The Labute approximate surface area is 124 Å². The van der Waals surface area contributed by atoms with E-state index in [1.165, 1.54) is 22.5 Å². The molecule has 2 nitrogen and oxygen atoms in total. The molecule has 0 fully saturated rings. The van der Waals surface area contributed by atoms with E-state index in [4.69, 9.17) is 11.6 Å². The summed E-state index contributed by atoms with van der Waals surface area (Å²) in [6.45, 7) is 0.747. The molecule has 0 amide bonds. The lowest BCUT2D eigenvalue weighted by molar-refractivity contribution is 1.17. The first kappa shape index (κ1) is 12.7. The summed E-state index contributed by atoms with van der Waals surface area (Å²) in [6.07, 6.45) is 1.81. The van der Waals surface area contributed by atoms with Crippen LogP contribution in [-0.2, 0) is 6.54 Å². The second-order valence-electron chi connectivity index (χ2n) is 4.03. The number of anilines is 1.